The topological polar surface area (TPSA) is 38.0 Å². The molecule has 1 aromatic rings. The summed E-state index contributed by atoms with van der Waals surface area (Å²) in [7, 11) is 0. The molecule has 0 aliphatic heterocycles. The highest BCUT2D eigenvalue weighted by Crippen LogP contribution is 2.35. The van der Waals surface area contributed by atoms with Crippen molar-refractivity contribution in [1.29, 1.82) is 0 Å². The van der Waals surface area contributed by atoms with Crippen LogP contribution in [-0.4, -0.2) is 5.54 Å². The Morgan fingerprint density at radius 1 is 1.44 bits per heavy atom. The summed E-state index contributed by atoms with van der Waals surface area (Å²) in [5, 5.41) is 3.67. The van der Waals surface area contributed by atoms with Crippen LogP contribution in [0.4, 0.5) is 5.69 Å². The first-order chi connectivity index (χ1) is 7.65. The third kappa shape index (κ3) is 2.41. The minimum absolute atomic E-state index is 0.405. The molecule has 3 heteroatoms. The highest BCUT2D eigenvalue weighted by Gasteiger charge is 2.34. The van der Waals surface area contributed by atoms with Crippen molar-refractivity contribution in [1.82, 2.24) is 5.32 Å². The van der Waals surface area contributed by atoms with Crippen molar-refractivity contribution in [2.75, 3.05) is 5.73 Å². The molecule has 3 N–H and O–H groups in total. The summed E-state index contributed by atoms with van der Waals surface area (Å²) in [6, 6.07) is 6.18. The smallest absolute Gasteiger partial charge is 0.0461 e. The second-order valence-corrected chi connectivity index (χ2v) is 5.55. The number of anilines is 1. The Kier molecular flexibility index (Phi) is 3.55. The van der Waals surface area contributed by atoms with Crippen LogP contribution in [0.3, 0.4) is 0 Å². The fourth-order valence-corrected chi connectivity index (χ4v) is 2.50. The molecule has 2 rings (SSSR count). The Balaban J connectivity index is 1.96. The first-order valence-electron chi connectivity index (χ1n) is 5.94. The fraction of sp³-hybridized carbons (Fsp3) is 0.538. The van der Waals surface area contributed by atoms with Crippen molar-refractivity contribution in [3.05, 3.63) is 28.2 Å². The molecule has 1 aliphatic rings. The zero-order valence-corrected chi connectivity index (χ0v) is 11.3. The second kappa shape index (κ2) is 4.76. The summed E-state index contributed by atoms with van der Waals surface area (Å²) in [5.41, 5.74) is 8.35. The Morgan fingerprint density at radius 3 is 2.69 bits per heavy atom. The number of rotatable bonds is 4. The SMILES string of the molecule is CCC1(NCc2ccc(Br)c(N)c2)CCC1. The summed E-state index contributed by atoms with van der Waals surface area (Å²) < 4.78 is 0.977. The van der Waals surface area contributed by atoms with Crippen molar-refractivity contribution in [3.63, 3.8) is 0 Å². The van der Waals surface area contributed by atoms with Gasteiger partial charge >= 0.3 is 0 Å². The average Bonchev–Trinajstić information content (AvgIpc) is 2.22. The maximum absolute atomic E-state index is 5.86. The molecule has 0 aromatic heterocycles. The summed E-state index contributed by atoms with van der Waals surface area (Å²) in [6.45, 7) is 3.19. The molecule has 0 spiro atoms. The monoisotopic (exact) mass is 282 g/mol. The zero-order valence-electron chi connectivity index (χ0n) is 9.72. The van der Waals surface area contributed by atoms with Crippen molar-refractivity contribution in [3.8, 4) is 0 Å². The van der Waals surface area contributed by atoms with Gasteiger partial charge in [0.2, 0.25) is 0 Å². The van der Waals surface area contributed by atoms with Gasteiger partial charge in [0.05, 0.1) is 0 Å². The number of hydrogen-bond donors (Lipinski definition) is 2. The Hall–Kier alpha value is -0.540. The number of hydrogen-bond acceptors (Lipinski definition) is 2. The molecule has 0 unspecified atom stereocenters. The molecule has 0 atom stereocenters. The standard InChI is InChI=1S/C13H19BrN2/c1-2-13(6-3-7-13)16-9-10-4-5-11(14)12(15)8-10/h4-5,8,16H,2-3,6-7,9,15H2,1H3. The van der Waals surface area contributed by atoms with Crippen LogP contribution in [-0.2, 0) is 6.54 Å². The molecule has 1 fully saturated rings. The van der Waals surface area contributed by atoms with Gasteiger partial charge in [0.25, 0.3) is 0 Å². The zero-order chi connectivity index (χ0) is 11.6. The molecule has 2 nitrogen and oxygen atoms in total. The average molecular weight is 283 g/mol. The summed E-state index contributed by atoms with van der Waals surface area (Å²) >= 11 is 3.41. The fourth-order valence-electron chi connectivity index (χ4n) is 2.25. The lowest BCUT2D eigenvalue weighted by Gasteiger charge is -2.42. The van der Waals surface area contributed by atoms with Crippen molar-refractivity contribution in [2.24, 2.45) is 0 Å². The van der Waals surface area contributed by atoms with Crippen molar-refractivity contribution >= 4 is 21.6 Å². The minimum Gasteiger partial charge on any atom is -0.398 e. The van der Waals surface area contributed by atoms with Gasteiger partial charge in [0, 0.05) is 22.2 Å². The van der Waals surface area contributed by atoms with Gasteiger partial charge in [0.15, 0.2) is 0 Å². The van der Waals surface area contributed by atoms with Gasteiger partial charge in [-0.05, 0) is 59.3 Å². The van der Waals surface area contributed by atoms with E-state index in [9.17, 15) is 0 Å². The van der Waals surface area contributed by atoms with Gasteiger partial charge in [-0.2, -0.15) is 0 Å². The van der Waals surface area contributed by atoms with E-state index < -0.39 is 0 Å². The molecule has 1 aromatic carbocycles. The molecular weight excluding hydrogens is 264 g/mol. The normalized spacial score (nSPS) is 18.1. The van der Waals surface area contributed by atoms with Crippen LogP contribution in [0.1, 0.15) is 38.2 Å². The summed E-state index contributed by atoms with van der Waals surface area (Å²) in [6.07, 6.45) is 5.22. The first kappa shape index (κ1) is 11.9. The van der Waals surface area contributed by atoms with Crippen LogP contribution in [0.25, 0.3) is 0 Å². The van der Waals surface area contributed by atoms with E-state index in [-0.39, 0.29) is 0 Å². The molecule has 0 radical (unpaired) electrons. The lowest BCUT2D eigenvalue weighted by atomic mass is 9.75. The van der Waals surface area contributed by atoms with Gasteiger partial charge in [-0.3, -0.25) is 0 Å². The Labute approximate surface area is 106 Å². The van der Waals surface area contributed by atoms with Crippen molar-refractivity contribution < 1.29 is 0 Å². The largest absolute Gasteiger partial charge is 0.398 e. The number of halogens is 1. The lowest BCUT2D eigenvalue weighted by molar-refractivity contribution is 0.175. The Morgan fingerprint density at radius 2 is 2.19 bits per heavy atom. The van der Waals surface area contributed by atoms with Gasteiger partial charge in [-0.25, -0.2) is 0 Å². The molecule has 1 aliphatic carbocycles. The van der Waals surface area contributed by atoms with Crippen LogP contribution in [0.15, 0.2) is 22.7 Å². The van der Waals surface area contributed by atoms with E-state index in [4.69, 9.17) is 5.73 Å². The van der Waals surface area contributed by atoms with E-state index in [1.165, 1.54) is 31.2 Å². The van der Waals surface area contributed by atoms with Crippen molar-refractivity contribution in [2.45, 2.75) is 44.7 Å². The van der Waals surface area contributed by atoms with E-state index in [1.54, 1.807) is 0 Å². The van der Waals surface area contributed by atoms with Crippen LogP contribution < -0.4 is 11.1 Å². The van der Waals surface area contributed by atoms with Crippen LogP contribution >= 0.6 is 15.9 Å². The predicted molar refractivity (Wildman–Crippen MR) is 72.3 cm³/mol. The number of nitrogens with two attached hydrogens (primary N) is 1. The third-order valence-electron chi connectivity index (χ3n) is 3.72. The highest BCUT2D eigenvalue weighted by atomic mass is 79.9. The number of nitrogen functional groups attached to an aromatic ring is 1. The minimum atomic E-state index is 0.405. The van der Waals surface area contributed by atoms with Gasteiger partial charge in [-0.1, -0.05) is 13.0 Å². The molecule has 0 amide bonds. The second-order valence-electron chi connectivity index (χ2n) is 4.70. The summed E-state index contributed by atoms with van der Waals surface area (Å²) in [5.74, 6) is 0. The highest BCUT2D eigenvalue weighted by molar-refractivity contribution is 9.10. The predicted octanol–water partition coefficient (Wildman–Crippen LogP) is 3.45. The van der Waals surface area contributed by atoms with Crippen LogP contribution in [0, 0.1) is 0 Å². The Bertz CT molecular complexity index is 367. The molecule has 1 saturated carbocycles. The van der Waals surface area contributed by atoms with E-state index >= 15 is 0 Å². The maximum Gasteiger partial charge on any atom is 0.0461 e. The number of benzene rings is 1. The lowest BCUT2D eigenvalue weighted by Crippen LogP contribution is -2.49. The number of nitrogens with one attached hydrogen (secondary N) is 1. The quantitative estimate of drug-likeness (QED) is 0.830. The summed E-state index contributed by atoms with van der Waals surface area (Å²) in [4.78, 5) is 0. The molecule has 16 heavy (non-hydrogen) atoms. The van der Waals surface area contributed by atoms with Gasteiger partial charge in [0.1, 0.15) is 0 Å². The third-order valence-corrected chi connectivity index (χ3v) is 4.44. The maximum atomic E-state index is 5.86. The van der Waals surface area contributed by atoms with Gasteiger partial charge < -0.3 is 11.1 Å². The molecule has 0 bridgehead atoms. The van der Waals surface area contributed by atoms with Gasteiger partial charge in [-0.15, -0.1) is 0 Å². The van der Waals surface area contributed by atoms with E-state index in [1.807, 2.05) is 12.1 Å². The van der Waals surface area contributed by atoms with Crippen LogP contribution in [0.2, 0.25) is 0 Å². The molecule has 88 valence electrons. The molecular formula is C13H19BrN2. The first-order valence-corrected chi connectivity index (χ1v) is 6.73. The molecule has 0 heterocycles. The van der Waals surface area contributed by atoms with E-state index in [0.29, 0.717) is 5.54 Å². The van der Waals surface area contributed by atoms with E-state index in [0.717, 1.165) is 16.7 Å². The van der Waals surface area contributed by atoms with E-state index in [2.05, 4.69) is 34.2 Å². The van der Waals surface area contributed by atoms with Crippen LogP contribution in [0.5, 0.6) is 0 Å². The molecule has 0 saturated heterocycles.